The summed E-state index contributed by atoms with van der Waals surface area (Å²) in [7, 11) is 0. The van der Waals surface area contributed by atoms with Gasteiger partial charge in [-0.2, -0.15) is 13.2 Å². The number of alkyl halides is 3. The third-order valence-electron chi connectivity index (χ3n) is 5.16. The summed E-state index contributed by atoms with van der Waals surface area (Å²) in [4.78, 5) is 13.2. The number of rotatable bonds is 5. The Morgan fingerprint density at radius 1 is 1.16 bits per heavy atom. The minimum Gasteiger partial charge on any atom is -0.324 e. The van der Waals surface area contributed by atoms with E-state index in [2.05, 4.69) is 20.9 Å². The number of para-hydroxylation sites is 1. The second-order valence-electron chi connectivity index (χ2n) is 7.57. The van der Waals surface area contributed by atoms with Gasteiger partial charge in [0.05, 0.1) is 17.3 Å². The van der Waals surface area contributed by atoms with E-state index in [4.69, 9.17) is 0 Å². The zero-order chi connectivity index (χ0) is 22.9. The summed E-state index contributed by atoms with van der Waals surface area (Å²) in [6.07, 6.45) is -3.00. The summed E-state index contributed by atoms with van der Waals surface area (Å²) < 4.78 is 42.0. The van der Waals surface area contributed by atoms with Gasteiger partial charge in [-0.05, 0) is 31.0 Å². The summed E-state index contributed by atoms with van der Waals surface area (Å²) in [6, 6.07) is 12.2. The van der Waals surface area contributed by atoms with E-state index >= 15 is 0 Å². The fraction of sp³-hybridized carbons (Fsp3) is 0.318. The quantitative estimate of drug-likeness (QED) is 0.562. The maximum Gasteiger partial charge on any atom is 0.418 e. The first-order valence-electron chi connectivity index (χ1n) is 10.2. The number of carbonyl (C=O) groups excluding carboxylic acids is 1. The molecule has 0 aliphatic carbocycles. The second-order valence-corrected chi connectivity index (χ2v) is 8.68. The molecule has 32 heavy (non-hydrogen) atoms. The summed E-state index contributed by atoms with van der Waals surface area (Å²) in [6.45, 7) is 3.99. The van der Waals surface area contributed by atoms with Crippen LogP contribution in [0.3, 0.4) is 0 Å². The highest BCUT2D eigenvalue weighted by molar-refractivity contribution is 8.00. The molecule has 1 aliphatic rings. The van der Waals surface area contributed by atoms with Gasteiger partial charge in [0.2, 0.25) is 11.1 Å². The highest BCUT2D eigenvalue weighted by atomic mass is 32.2. The first kappa shape index (κ1) is 22.2. The Morgan fingerprint density at radius 3 is 2.56 bits per heavy atom. The zero-order valence-electron chi connectivity index (χ0n) is 17.5. The maximum atomic E-state index is 13.4. The molecule has 0 spiro atoms. The molecule has 0 saturated heterocycles. The van der Waals surface area contributed by atoms with Crippen LogP contribution in [-0.4, -0.2) is 26.0 Å². The van der Waals surface area contributed by atoms with Crippen molar-refractivity contribution in [3.63, 3.8) is 0 Å². The first-order chi connectivity index (χ1) is 15.3. The van der Waals surface area contributed by atoms with Gasteiger partial charge in [-0.3, -0.25) is 4.79 Å². The van der Waals surface area contributed by atoms with Crippen LogP contribution >= 0.6 is 11.8 Å². The van der Waals surface area contributed by atoms with Gasteiger partial charge >= 0.3 is 6.18 Å². The van der Waals surface area contributed by atoms with Crippen molar-refractivity contribution in [2.75, 3.05) is 10.7 Å². The van der Waals surface area contributed by atoms with Crippen molar-refractivity contribution in [2.45, 2.75) is 49.3 Å². The molecule has 168 valence electrons. The lowest BCUT2D eigenvalue weighted by molar-refractivity contribution is -0.137. The number of hydrogen-bond acceptors (Lipinski definition) is 5. The number of anilines is 1. The molecule has 2 N–H and O–H groups in total. The van der Waals surface area contributed by atoms with E-state index < -0.39 is 28.9 Å². The maximum absolute atomic E-state index is 13.4. The number of amides is 1. The normalized spacial score (nSPS) is 18.0. The van der Waals surface area contributed by atoms with Crippen molar-refractivity contribution in [3.05, 3.63) is 71.0 Å². The Kier molecular flexibility index (Phi) is 6.14. The fourth-order valence-corrected chi connectivity index (χ4v) is 4.65. The number of halogens is 3. The van der Waals surface area contributed by atoms with Crippen LogP contribution in [0.1, 0.15) is 41.9 Å². The molecule has 0 unspecified atom stereocenters. The van der Waals surface area contributed by atoms with E-state index in [1.165, 1.54) is 30.0 Å². The number of nitrogens with one attached hydrogen (secondary N) is 2. The number of nitrogens with zero attached hydrogens (tertiary/aromatic N) is 3. The molecule has 1 aromatic heterocycles. The van der Waals surface area contributed by atoms with E-state index in [0.717, 1.165) is 29.4 Å². The first-order valence-corrected chi connectivity index (χ1v) is 11.1. The third-order valence-corrected chi connectivity index (χ3v) is 6.38. The lowest BCUT2D eigenvalue weighted by Gasteiger charge is -2.33. The fourth-order valence-electron chi connectivity index (χ4n) is 3.55. The van der Waals surface area contributed by atoms with E-state index in [0.29, 0.717) is 11.6 Å². The highest BCUT2D eigenvalue weighted by Crippen LogP contribution is 2.39. The molecular weight excluding hydrogens is 439 g/mol. The smallest absolute Gasteiger partial charge is 0.324 e. The molecule has 10 heteroatoms. The topological polar surface area (TPSA) is 71.8 Å². The molecule has 3 aromatic rings. The average Bonchev–Trinajstić information content (AvgIpc) is 3.15. The predicted molar refractivity (Wildman–Crippen MR) is 117 cm³/mol. The molecule has 2 heterocycles. The van der Waals surface area contributed by atoms with Gasteiger partial charge in [0.15, 0.2) is 5.82 Å². The van der Waals surface area contributed by atoms with Gasteiger partial charge in [-0.15, -0.1) is 10.2 Å². The van der Waals surface area contributed by atoms with Crippen LogP contribution in [0, 0.1) is 6.92 Å². The summed E-state index contributed by atoms with van der Waals surface area (Å²) in [5.74, 6) is 0.199. The van der Waals surface area contributed by atoms with Gasteiger partial charge in [0, 0.05) is 6.42 Å². The van der Waals surface area contributed by atoms with E-state index in [1.54, 1.807) is 4.68 Å². The molecule has 2 atom stereocenters. The Labute approximate surface area is 187 Å². The van der Waals surface area contributed by atoms with Crippen molar-refractivity contribution in [3.8, 4) is 0 Å². The number of aromatic nitrogens is 3. The van der Waals surface area contributed by atoms with Crippen LogP contribution in [0.4, 0.5) is 18.9 Å². The van der Waals surface area contributed by atoms with Crippen LogP contribution in [0.25, 0.3) is 0 Å². The number of hydrogen-bond donors (Lipinski definition) is 2. The summed E-state index contributed by atoms with van der Waals surface area (Å²) >= 11 is 1.19. The molecule has 0 fully saturated rings. The lowest BCUT2D eigenvalue weighted by atomic mass is 10.0. The number of benzene rings is 2. The van der Waals surface area contributed by atoms with Crippen molar-refractivity contribution in [1.82, 2.24) is 14.9 Å². The van der Waals surface area contributed by atoms with Gasteiger partial charge in [-0.25, -0.2) is 4.68 Å². The summed E-state index contributed by atoms with van der Waals surface area (Å²) in [5, 5.41) is 10.6. The number of aryl methyl sites for hydroxylation is 2. The molecule has 0 radical (unpaired) electrons. The van der Waals surface area contributed by atoms with Crippen molar-refractivity contribution in [1.29, 1.82) is 0 Å². The van der Waals surface area contributed by atoms with Gasteiger partial charge in [0.1, 0.15) is 5.25 Å². The Bertz CT molecular complexity index is 1110. The Morgan fingerprint density at radius 2 is 1.88 bits per heavy atom. The van der Waals surface area contributed by atoms with Crippen molar-refractivity contribution < 1.29 is 18.0 Å². The minimum atomic E-state index is -4.58. The number of thioether (sulfide) groups is 1. The van der Waals surface area contributed by atoms with Crippen LogP contribution in [0.2, 0.25) is 0 Å². The van der Waals surface area contributed by atoms with Crippen LogP contribution in [-0.2, 0) is 17.4 Å². The average molecular weight is 462 g/mol. The van der Waals surface area contributed by atoms with E-state index in [1.807, 2.05) is 38.1 Å². The van der Waals surface area contributed by atoms with Crippen LogP contribution in [0.5, 0.6) is 0 Å². The molecular formula is C22H22F3N5OS. The highest BCUT2D eigenvalue weighted by Gasteiger charge is 2.39. The van der Waals surface area contributed by atoms with E-state index in [9.17, 15) is 18.0 Å². The molecule has 2 aromatic carbocycles. The minimum absolute atomic E-state index is 0.271. The van der Waals surface area contributed by atoms with Gasteiger partial charge in [-0.1, -0.05) is 60.6 Å². The SMILES string of the molecule is CCCc1nnc2n1N[C@H](c1ccc(C)cc1)[C@@H](C(=O)Nc1ccccc1C(F)(F)F)S2. The third kappa shape index (κ3) is 4.45. The van der Waals surface area contributed by atoms with Crippen LogP contribution in [0.15, 0.2) is 53.7 Å². The van der Waals surface area contributed by atoms with Gasteiger partial charge in [0.25, 0.3) is 0 Å². The van der Waals surface area contributed by atoms with Crippen molar-refractivity contribution in [2.24, 2.45) is 0 Å². The van der Waals surface area contributed by atoms with Crippen LogP contribution < -0.4 is 10.7 Å². The standard InChI is InChI=1S/C22H22F3N5OS/c1-3-6-17-27-28-21-30(17)29-18(14-11-9-13(2)10-12-14)19(32-21)20(31)26-16-8-5-4-7-15(16)22(23,24)25/h4-5,7-12,18-19,29H,3,6H2,1-2H3,(H,26,31)/t18-,19+/m1/s1. The molecule has 4 rings (SSSR count). The summed E-state index contributed by atoms with van der Waals surface area (Å²) in [5.41, 5.74) is 4.06. The Balaban J connectivity index is 1.68. The largest absolute Gasteiger partial charge is 0.418 e. The zero-order valence-corrected chi connectivity index (χ0v) is 18.3. The molecule has 6 nitrogen and oxygen atoms in total. The molecule has 1 aliphatic heterocycles. The number of carbonyl (C=O) groups is 1. The predicted octanol–water partition coefficient (Wildman–Crippen LogP) is 4.96. The molecule has 0 saturated carbocycles. The molecule has 0 bridgehead atoms. The lowest BCUT2D eigenvalue weighted by Crippen LogP contribution is -2.41. The monoisotopic (exact) mass is 461 g/mol. The Hall–Kier alpha value is -3.01. The van der Waals surface area contributed by atoms with E-state index in [-0.39, 0.29) is 5.69 Å². The van der Waals surface area contributed by atoms with Crippen molar-refractivity contribution >= 4 is 23.4 Å². The molecule has 1 amide bonds. The second kappa shape index (κ2) is 8.85. The van der Waals surface area contributed by atoms with Gasteiger partial charge < -0.3 is 10.7 Å². The number of fused-ring (bicyclic) bond motifs is 1.